The molecule has 2 N–H and O–H groups in total. The molecule has 32 heavy (non-hydrogen) atoms. The van der Waals surface area contributed by atoms with Crippen LogP contribution in [-0.2, 0) is 9.47 Å². The second kappa shape index (κ2) is 9.07. The van der Waals surface area contributed by atoms with Crippen LogP contribution in [0, 0.1) is 0 Å². The first-order chi connectivity index (χ1) is 15.0. The molecule has 2 atom stereocenters. The Balaban J connectivity index is 1.65. The van der Waals surface area contributed by atoms with Gasteiger partial charge in [0.1, 0.15) is 11.3 Å². The first-order valence-corrected chi connectivity index (χ1v) is 10.5. The summed E-state index contributed by atoms with van der Waals surface area (Å²) in [6.45, 7) is 11.0. The van der Waals surface area contributed by atoms with Gasteiger partial charge >= 0.3 is 12.1 Å². The Hall–Kier alpha value is -3.27. The summed E-state index contributed by atoms with van der Waals surface area (Å²) in [5.41, 5.74) is -0.0750. The van der Waals surface area contributed by atoms with Crippen LogP contribution in [0.15, 0.2) is 36.5 Å². The van der Waals surface area contributed by atoms with Crippen LogP contribution in [0.3, 0.4) is 0 Å². The summed E-state index contributed by atoms with van der Waals surface area (Å²) in [6.07, 6.45) is 0.718. The minimum atomic E-state index is -0.873. The van der Waals surface area contributed by atoms with Crippen LogP contribution in [0.5, 0.6) is 0 Å². The van der Waals surface area contributed by atoms with Crippen LogP contribution in [0.2, 0.25) is 0 Å². The molecular weight excluding hydrogens is 412 g/mol. The van der Waals surface area contributed by atoms with Gasteiger partial charge in [-0.3, -0.25) is 10.2 Å². The zero-order chi connectivity index (χ0) is 23.5. The van der Waals surface area contributed by atoms with E-state index in [1.54, 1.807) is 34.6 Å². The highest BCUT2D eigenvalue weighted by Crippen LogP contribution is 2.33. The third-order valence-electron chi connectivity index (χ3n) is 4.84. The maximum atomic E-state index is 12.8. The van der Waals surface area contributed by atoms with Crippen molar-refractivity contribution < 1.29 is 19.1 Å². The SMILES string of the molecule is C[C@@H]1OC(C)(C)N(C(=O)OC(C)(C)C)[C@H]1CNC(=O)Nc1nncc(-c2ccccc2)n1. The molecule has 1 aliphatic rings. The van der Waals surface area contributed by atoms with E-state index in [1.165, 1.54) is 11.1 Å². The smallest absolute Gasteiger partial charge is 0.412 e. The van der Waals surface area contributed by atoms with E-state index in [1.807, 2.05) is 37.3 Å². The first kappa shape index (κ1) is 23.4. The lowest BCUT2D eigenvalue weighted by Gasteiger charge is -2.35. The summed E-state index contributed by atoms with van der Waals surface area (Å²) < 4.78 is 11.5. The summed E-state index contributed by atoms with van der Waals surface area (Å²) in [7, 11) is 0. The Bertz CT molecular complexity index is 960. The molecule has 1 aliphatic heterocycles. The van der Waals surface area contributed by atoms with Crippen LogP contribution in [0.25, 0.3) is 11.3 Å². The molecule has 10 nitrogen and oxygen atoms in total. The monoisotopic (exact) mass is 442 g/mol. The lowest BCUT2D eigenvalue weighted by molar-refractivity contribution is -0.0756. The Kier molecular flexibility index (Phi) is 6.63. The highest BCUT2D eigenvalue weighted by molar-refractivity contribution is 5.87. The summed E-state index contributed by atoms with van der Waals surface area (Å²) in [5.74, 6) is 0.0731. The van der Waals surface area contributed by atoms with Gasteiger partial charge in [-0.15, -0.1) is 5.10 Å². The Morgan fingerprint density at radius 1 is 1.22 bits per heavy atom. The molecule has 2 heterocycles. The first-order valence-electron chi connectivity index (χ1n) is 10.5. The lowest BCUT2D eigenvalue weighted by Crippen LogP contribution is -2.53. The Labute approximate surface area is 187 Å². The molecule has 1 saturated heterocycles. The number of ether oxygens (including phenoxy) is 2. The van der Waals surface area contributed by atoms with E-state index >= 15 is 0 Å². The van der Waals surface area contributed by atoms with Crippen molar-refractivity contribution in [3.63, 3.8) is 0 Å². The van der Waals surface area contributed by atoms with Crippen LogP contribution in [-0.4, -0.2) is 62.2 Å². The van der Waals surface area contributed by atoms with Crippen LogP contribution in [0.4, 0.5) is 15.5 Å². The van der Waals surface area contributed by atoms with Gasteiger partial charge in [-0.2, -0.15) is 5.10 Å². The van der Waals surface area contributed by atoms with Crippen molar-refractivity contribution in [3.8, 4) is 11.3 Å². The van der Waals surface area contributed by atoms with E-state index < -0.39 is 29.5 Å². The molecule has 0 spiro atoms. The normalized spacial score (nSPS) is 20.0. The number of aromatic nitrogens is 3. The zero-order valence-electron chi connectivity index (χ0n) is 19.2. The van der Waals surface area contributed by atoms with Gasteiger partial charge in [-0.05, 0) is 41.5 Å². The predicted molar refractivity (Wildman–Crippen MR) is 119 cm³/mol. The van der Waals surface area contributed by atoms with Gasteiger partial charge in [0.15, 0.2) is 0 Å². The molecule has 172 valence electrons. The molecule has 1 aromatic carbocycles. The van der Waals surface area contributed by atoms with E-state index in [9.17, 15) is 9.59 Å². The third kappa shape index (κ3) is 5.70. The van der Waals surface area contributed by atoms with Gasteiger partial charge in [0.25, 0.3) is 5.95 Å². The number of hydrogen-bond donors (Lipinski definition) is 2. The number of carbonyl (C=O) groups is 2. The molecule has 0 unspecified atom stereocenters. The minimum Gasteiger partial charge on any atom is -0.444 e. The fraction of sp³-hybridized carbons (Fsp3) is 0.500. The number of amides is 3. The minimum absolute atomic E-state index is 0.0731. The van der Waals surface area contributed by atoms with Crippen molar-refractivity contribution >= 4 is 18.1 Å². The second-order valence-corrected chi connectivity index (χ2v) is 9.05. The predicted octanol–water partition coefficient (Wildman–Crippen LogP) is 3.42. The average molecular weight is 443 g/mol. The number of nitrogens with zero attached hydrogens (tertiary/aromatic N) is 4. The average Bonchev–Trinajstić information content (AvgIpc) is 2.93. The number of benzene rings is 1. The van der Waals surface area contributed by atoms with Crippen molar-refractivity contribution in [1.29, 1.82) is 0 Å². The Morgan fingerprint density at radius 3 is 2.56 bits per heavy atom. The number of hydrogen-bond acceptors (Lipinski definition) is 7. The molecular formula is C22H30N6O4. The molecule has 3 amide bonds. The molecule has 0 aliphatic carbocycles. The molecule has 3 rings (SSSR count). The van der Waals surface area contributed by atoms with Gasteiger partial charge in [-0.1, -0.05) is 30.3 Å². The molecule has 0 bridgehead atoms. The van der Waals surface area contributed by atoms with Gasteiger partial charge in [0, 0.05) is 12.1 Å². The maximum Gasteiger partial charge on any atom is 0.412 e. The fourth-order valence-electron chi connectivity index (χ4n) is 3.57. The van der Waals surface area contributed by atoms with Gasteiger partial charge in [-0.25, -0.2) is 14.6 Å². The molecule has 0 radical (unpaired) electrons. The van der Waals surface area contributed by atoms with E-state index in [4.69, 9.17) is 9.47 Å². The van der Waals surface area contributed by atoms with Crippen molar-refractivity contribution in [2.24, 2.45) is 0 Å². The summed E-state index contributed by atoms with van der Waals surface area (Å²) in [6, 6.07) is 8.53. The van der Waals surface area contributed by atoms with Gasteiger partial charge < -0.3 is 14.8 Å². The van der Waals surface area contributed by atoms with Crippen LogP contribution in [0.1, 0.15) is 41.5 Å². The topological polar surface area (TPSA) is 119 Å². The highest BCUT2D eigenvalue weighted by Gasteiger charge is 2.49. The third-order valence-corrected chi connectivity index (χ3v) is 4.84. The number of urea groups is 1. The van der Waals surface area contributed by atoms with E-state index in [0.29, 0.717) is 5.69 Å². The van der Waals surface area contributed by atoms with Crippen molar-refractivity contribution in [3.05, 3.63) is 36.5 Å². The number of anilines is 1. The maximum absolute atomic E-state index is 12.8. The highest BCUT2D eigenvalue weighted by atomic mass is 16.6. The van der Waals surface area contributed by atoms with Crippen molar-refractivity contribution in [1.82, 2.24) is 25.4 Å². The fourth-order valence-corrected chi connectivity index (χ4v) is 3.57. The summed E-state index contributed by atoms with van der Waals surface area (Å²) >= 11 is 0. The van der Waals surface area contributed by atoms with Crippen LogP contribution >= 0.6 is 0 Å². The summed E-state index contributed by atoms with van der Waals surface area (Å²) in [5, 5.41) is 13.1. The van der Waals surface area contributed by atoms with Crippen molar-refractivity contribution in [2.75, 3.05) is 11.9 Å². The Morgan fingerprint density at radius 2 is 1.91 bits per heavy atom. The molecule has 0 saturated carbocycles. The number of nitrogens with one attached hydrogen (secondary N) is 2. The summed E-state index contributed by atoms with van der Waals surface area (Å²) in [4.78, 5) is 31.1. The van der Waals surface area contributed by atoms with E-state index in [2.05, 4.69) is 25.8 Å². The van der Waals surface area contributed by atoms with Gasteiger partial charge in [0.05, 0.1) is 24.0 Å². The van der Waals surface area contributed by atoms with E-state index in [-0.39, 0.29) is 18.6 Å². The lowest BCUT2D eigenvalue weighted by atomic mass is 10.1. The zero-order valence-corrected chi connectivity index (χ0v) is 19.2. The number of carbonyl (C=O) groups excluding carboxylic acids is 2. The second-order valence-electron chi connectivity index (χ2n) is 9.05. The van der Waals surface area contributed by atoms with E-state index in [0.717, 1.165) is 5.56 Å². The molecule has 1 aromatic heterocycles. The standard InChI is InChI=1S/C22H30N6O4/c1-14-17(28(22(5,6)31-14)20(30)32-21(2,3)4)13-23-19(29)26-18-25-16(12-24-27-18)15-10-8-7-9-11-15/h7-12,14,17H,13H2,1-6H3,(H2,23,25,26,27,29)/t14-,17-/m0/s1. The quantitative estimate of drug-likeness (QED) is 0.745. The molecule has 10 heteroatoms. The van der Waals surface area contributed by atoms with Crippen LogP contribution < -0.4 is 10.6 Å². The molecule has 1 fully saturated rings. The van der Waals surface area contributed by atoms with Crippen molar-refractivity contribution in [2.45, 2.75) is 65.0 Å². The molecule has 2 aromatic rings. The van der Waals surface area contributed by atoms with Gasteiger partial charge in [0.2, 0.25) is 0 Å². The number of rotatable bonds is 4. The largest absolute Gasteiger partial charge is 0.444 e.